The number of hydrogen-bond donors (Lipinski definition) is 2. The van der Waals surface area contributed by atoms with Gasteiger partial charge in [-0.2, -0.15) is 0 Å². The molecule has 0 bridgehead atoms. The molecular formula is C13H13ClF3N3O2S. The van der Waals surface area contributed by atoms with Gasteiger partial charge in [-0.15, -0.1) is 36.9 Å². The zero-order chi connectivity index (χ0) is 16.2. The highest BCUT2D eigenvalue weighted by Crippen LogP contribution is 2.25. The molecule has 1 atom stereocenters. The van der Waals surface area contributed by atoms with E-state index in [1.807, 2.05) is 0 Å². The zero-order valence-corrected chi connectivity index (χ0v) is 13.2. The van der Waals surface area contributed by atoms with Gasteiger partial charge in [0.05, 0.1) is 17.2 Å². The molecule has 3 N–H and O–H groups in total. The van der Waals surface area contributed by atoms with Gasteiger partial charge >= 0.3 is 6.36 Å². The van der Waals surface area contributed by atoms with Crippen molar-refractivity contribution in [2.24, 2.45) is 5.73 Å². The molecule has 2 rings (SSSR count). The van der Waals surface area contributed by atoms with E-state index < -0.39 is 24.1 Å². The molecule has 0 spiro atoms. The Labute approximate surface area is 140 Å². The van der Waals surface area contributed by atoms with Crippen molar-refractivity contribution >= 4 is 35.3 Å². The average Bonchev–Trinajstić information content (AvgIpc) is 2.89. The number of thiazole rings is 1. The second-order valence-electron chi connectivity index (χ2n) is 4.36. The maximum Gasteiger partial charge on any atom is 0.573 e. The normalized spacial score (nSPS) is 12.2. The Kier molecular flexibility index (Phi) is 6.79. The second-order valence-corrected chi connectivity index (χ2v) is 5.07. The molecule has 0 unspecified atom stereocenters. The van der Waals surface area contributed by atoms with Crippen LogP contribution in [0.25, 0.3) is 0 Å². The predicted octanol–water partition coefficient (Wildman–Crippen LogP) is 2.97. The van der Waals surface area contributed by atoms with Gasteiger partial charge in [0.15, 0.2) is 0 Å². The summed E-state index contributed by atoms with van der Waals surface area (Å²) in [7, 11) is 0. The van der Waals surface area contributed by atoms with E-state index in [1.54, 1.807) is 10.9 Å². The van der Waals surface area contributed by atoms with E-state index in [2.05, 4.69) is 15.0 Å². The minimum Gasteiger partial charge on any atom is -0.406 e. The van der Waals surface area contributed by atoms with Crippen LogP contribution in [-0.2, 0) is 11.2 Å². The number of amides is 1. The van der Waals surface area contributed by atoms with Crippen LogP contribution in [0.2, 0.25) is 0 Å². The zero-order valence-electron chi connectivity index (χ0n) is 11.5. The van der Waals surface area contributed by atoms with Gasteiger partial charge in [-0.25, -0.2) is 4.98 Å². The van der Waals surface area contributed by atoms with E-state index in [1.165, 1.54) is 23.5 Å². The van der Waals surface area contributed by atoms with E-state index in [-0.39, 0.29) is 24.5 Å². The minimum absolute atomic E-state index is 0. The lowest BCUT2D eigenvalue weighted by Crippen LogP contribution is -2.37. The fraction of sp³-hybridized carbons (Fsp3) is 0.231. The Balaban J connectivity index is 0.00000264. The summed E-state index contributed by atoms with van der Waals surface area (Å²) in [5, 5.41) is 4.21. The summed E-state index contributed by atoms with van der Waals surface area (Å²) in [4.78, 5) is 15.9. The number of nitrogens with zero attached hydrogens (tertiary/aromatic N) is 1. The van der Waals surface area contributed by atoms with Crippen LogP contribution >= 0.6 is 23.7 Å². The van der Waals surface area contributed by atoms with Gasteiger partial charge in [-0.05, 0) is 12.1 Å². The fourth-order valence-corrected chi connectivity index (χ4v) is 2.23. The van der Waals surface area contributed by atoms with Gasteiger partial charge in [0.2, 0.25) is 5.91 Å². The number of benzene rings is 1. The topological polar surface area (TPSA) is 77.2 Å². The number of anilines is 1. The maximum atomic E-state index is 12.1. The summed E-state index contributed by atoms with van der Waals surface area (Å²) in [6.07, 6.45) is -4.54. The third kappa shape index (κ3) is 6.43. The van der Waals surface area contributed by atoms with Crippen molar-refractivity contribution in [3.05, 3.63) is 40.8 Å². The van der Waals surface area contributed by atoms with Crippen LogP contribution < -0.4 is 15.8 Å². The van der Waals surface area contributed by atoms with Gasteiger partial charge in [-0.3, -0.25) is 4.79 Å². The van der Waals surface area contributed by atoms with E-state index in [9.17, 15) is 18.0 Å². The summed E-state index contributed by atoms with van der Waals surface area (Å²) in [5.74, 6) is -0.935. The number of nitrogens with two attached hydrogens (primary N) is 1. The summed E-state index contributed by atoms with van der Waals surface area (Å²) >= 11 is 1.38. The van der Waals surface area contributed by atoms with Crippen LogP contribution in [-0.4, -0.2) is 23.3 Å². The molecule has 1 heterocycles. The molecule has 1 amide bonds. The highest BCUT2D eigenvalue weighted by molar-refractivity contribution is 7.07. The predicted molar refractivity (Wildman–Crippen MR) is 82.8 cm³/mol. The largest absolute Gasteiger partial charge is 0.573 e. The Bertz CT molecular complexity index is 638. The minimum atomic E-state index is -4.79. The maximum absolute atomic E-state index is 12.1. The molecule has 0 saturated carbocycles. The van der Waals surface area contributed by atoms with Crippen LogP contribution in [0.4, 0.5) is 18.9 Å². The molecule has 0 aliphatic rings. The third-order valence-electron chi connectivity index (χ3n) is 2.58. The lowest BCUT2D eigenvalue weighted by molar-refractivity contribution is -0.274. The number of halogens is 4. The SMILES string of the molecule is Cl.N[C@H](Cc1cscn1)C(=O)Nc1cccc(OC(F)(F)F)c1. The first-order chi connectivity index (χ1) is 10.3. The van der Waals surface area contributed by atoms with Crippen molar-refractivity contribution in [1.82, 2.24) is 4.98 Å². The smallest absolute Gasteiger partial charge is 0.406 e. The number of ether oxygens (including phenoxy) is 1. The molecule has 0 radical (unpaired) electrons. The van der Waals surface area contributed by atoms with Crippen molar-refractivity contribution in [2.75, 3.05) is 5.32 Å². The molecule has 126 valence electrons. The monoisotopic (exact) mass is 367 g/mol. The van der Waals surface area contributed by atoms with Crippen molar-refractivity contribution in [1.29, 1.82) is 0 Å². The molecule has 1 aromatic carbocycles. The summed E-state index contributed by atoms with van der Waals surface area (Å²) < 4.78 is 40.2. The van der Waals surface area contributed by atoms with Gasteiger partial charge in [0, 0.05) is 23.6 Å². The molecule has 5 nitrogen and oxygen atoms in total. The molecule has 10 heteroatoms. The standard InChI is InChI=1S/C13H12F3N3O2S.ClH/c14-13(15,16)21-10-3-1-2-8(4-10)19-12(20)11(17)5-9-6-22-7-18-9;/h1-4,6-7,11H,5,17H2,(H,19,20);1H/t11-;/m1./s1. The van der Waals surface area contributed by atoms with Gasteiger partial charge < -0.3 is 15.8 Å². The Morgan fingerprint density at radius 2 is 2.17 bits per heavy atom. The second kappa shape index (κ2) is 8.14. The van der Waals surface area contributed by atoms with Gasteiger partial charge in [0.25, 0.3) is 0 Å². The van der Waals surface area contributed by atoms with E-state index in [4.69, 9.17) is 5.73 Å². The molecule has 0 fully saturated rings. The van der Waals surface area contributed by atoms with E-state index in [0.29, 0.717) is 5.69 Å². The molecular weight excluding hydrogens is 355 g/mol. The number of hydrogen-bond acceptors (Lipinski definition) is 5. The van der Waals surface area contributed by atoms with Crippen molar-refractivity contribution < 1.29 is 22.7 Å². The number of rotatable bonds is 5. The lowest BCUT2D eigenvalue weighted by Gasteiger charge is -2.13. The summed E-state index contributed by atoms with van der Waals surface area (Å²) in [5.41, 5.74) is 8.21. The molecule has 1 aromatic heterocycles. The molecule has 23 heavy (non-hydrogen) atoms. The first-order valence-electron chi connectivity index (χ1n) is 6.13. The summed E-state index contributed by atoms with van der Waals surface area (Å²) in [6, 6.07) is 4.13. The van der Waals surface area contributed by atoms with E-state index >= 15 is 0 Å². The van der Waals surface area contributed by atoms with Crippen molar-refractivity contribution in [3.63, 3.8) is 0 Å². The first-order valence-corrected chi connectivity index (χ1v) is 7.07. The number of carbonyl (C=O) groups is 1. The van der Waals surface area contributed by atoms with Crippen molar-refractivity contribution in [3.8, 4) is 5.75 Å². The Hall–Kier alpha value is -1.84. The van der Waals surface area contributed by atoms with Crippen LogP contribution in [0.1, 0.15) is 5.69 Å². The van der Waals surface area contributed by atoms with Crippen molar-refractivity contribution in [2.45, 2.75) is 18.8 Å². The number of aromatic nitrogens is 1. The van der Waals surface area contributed by atoms with Crippen LogP contribution in [0.3, 0.4) is 0 Å². The number of nitrogens with one attached hydrogen (secondary N) is 1. The highest BCUT2D eigenvalue weighted by Gasteiger charge is 2.31. The Morgan fingerprint density at radius 1 is 1.43 bits per heavy atom. The lowest BCUT2D eigenvalue weighted by atomic mass is 10.1. The third-order valence-corrected chi connectivity index (χ3v) is 3.22. The molecule has 0 aliphatic carbocycles. The summed E-state index contributed by atoms with van der Waals surface area (Å²) in [6.45, 7) is 0. The molecule has 0 aliphatic heterocycles. The average molecular weight is 368 g/mol. The van der Waals surface area contributed by atoms with Crippen LogP contribution in [0, 0.1) is 0 Å². The van der Waals surface area contributed by atoms with Gasteiger partial charge in [-0.1, -0.05) is 6.07 Å². The van der Waals surface area contributed by atoms with Crippen LogP contribution in [0.15, 0.2) is 35.2 Å². The Morgan fingerprint density at radius 3 is 2.78 bits per heavy atom. The number of carbonyl (C=O) groups excluding carboxylic acids is 1. The molecule has 0 saturated heterocycles. The number of alkyl halides is 3. The fourth-order valence-electron chi connectivity index (χ4n) is 1.66. The highest BCUT2D eigenvalue weighted by atomic mass is 35.5. The van der Waals surface area contributed by atoms with Gasteiger partial charge in [0.1, 0.15) is 5.75 Å². The first kappa shape index (κ1) is 19.2. The van der Waals surface area contributed by atoms with E-state index in [0.717, 1.165) is 12.1 Å². The quantitative estimate of drug-likeness (QED) is 0.851. The molecule has 2 aromatic rings. The van der Waals surface area contributed by atoms with Crippen LogP contribution in [0.5, 0.6) is 5.75 Å².